The molecule has 1 aromatic carbocycles. The fourth-order valence-corrected chi connectivity index (χ4v) is 2.50. The zero-order chi connectivity index (χ0) is 19.8. The van der Waals surface area contributed by atoms with Gasteiger partial charge >= 0.3 is 0 Å². The van der Waals surface area contributed by atoms with Gasteiger partial charge in [-0.3, -0.25) is 14.4 Å². The largest absolute Gasteiger partial charge is 0.459 e. The van der Waals surface area contributed by atoms with E-state index in [1.165, 1.54) is 24.3 Å². The van der Waals surface area contributed by atoms with Crippen molar-refractivity contribution < 1.29 is 18.8 Å². The second-order valence-corrected chi connectivity index (χ2v) is 6.58. The lowest BCUT2D eigenvalue weighted by Crippen LogP contribution is -2.35. The number of benzene rings is 1. The van der Waals surface area contributed by atoms with E-state index >= 15 is 0 Å². The van der Waals surface area contributed by atoms with E-state index in [0.29, 0.717) is 28.7 Å². The number of hydrogen-bond donors (Lipinski definition) is 2. The Labute approximate surface area is 166 Å². The molecule has 0 unspecified atom stereocenters. The molecule has 0 radical (unpaired) electrons. The summed E-state index contributed by atoms with van der Waals surface area (Å²) in [7, 11) is 1.54. The number of hydrogen-bond acceptors (Lipinski definition) is 4. The Bertz CT molecular complexity index is 809. The summed E-state index contributed by atoms with van der Waals surface area (Å²) in [4.78, 5) is 37.1. The van der Waals surface area contributed by atoms with Gasteiger partial charge in [-0.1, -0.05) is 23.2 Å². The summed E-state index contributed by atoms with van der Waals surface area (Å²) in [6, 6.07) is 7.91. The van der Waals surface area contributed by atoms with Crippen LogP contribution in [0.4, 0.5) is 5.69 Å². The van der Waals surface area contributed by atoms with Crippen LogP contribution in [0.5, 0.6) is 0 Å². The molecule has 0 bridgehead atoms. The van der Waals surface area contributed by atoms with Crippen molar-refractivity contribution >= 4 is 46.6 Å². The van der Waals surface area contributed by atoms with Crippen LogP contribution >= 0.6 is 23.2 Å². The molecule has 1 aromatic heterocycles. The molecule has 144 valence electrons. The number of furan rings is 1. The van der Waals surface area contributed by atoms with Gasteiger partial charge in [-0.05, 0) is 36.8 Å². The molecule has 2 aromatic rings. The summed E-state index contributed by atoms with van der Waals surface area (Å²) in [6.07, 6.45) is 2.06. The van der Waals surface area contributed by atoms with Gasteiger partial charge in [-0.25, -0.2) is 0 Å². The van der Waals surface area contributed by atoms with Crippen molar-refractivity contribution in [2.24, 2.45) is 0 Å². The molecule has 0 spiro atoms. The van der Waals surface area contributed by atoms with E-state index in [9.17, 15) is 14.4 Å². The average molecular weight is 412 g/mol. The standard InChI is InChI=1S/C18H19Cl2N3O4/c1-23(11-16(24)22-12-6-7-13(19)14(20)10-12)17(25)5-2-8-21-18(26)15-4-3-9-27-15/h3-4,6-7,9-10H,2,5,8,11H2,1H3,(H,21,26)(H,22,24). The first-order chi connectivity index (χ1) is 12.9. The number of anilines is 1. The van der Waals surface area contributed by atoms with Gasteiger partial charge in [0.15, 0.2) is 5.76 Å². The number of carbonyl (C=O) groups excluding carboxylic acids is 3. The number of nitrogens with zero attached hydrogens (tertiary/aromatic N) is 1. The van der Waals surface area contributed by atoms with Gasteiger partial charge in [0.1, 0.15) is 0 Å². The van der Waals surface area contributed by atoms with Crippen LogP contribution in [0, 0.1) is 0 Å². The minimum atomic E-state index is -0.352. The van der Waals surface area contributed by atoms with Crippen LogP contribution in [-0.2, 0) is 9.59 Å². The second-order valence-electron chi connectivity index (χ2n) is 5.76. The van der Waals surface area contributed by atoms with Crippen LogP contribution in [0.1, 0.15) is 23.4 Å². The Kier molecular flexibility index (Phi) is 7.69. The maximum Gasteiger partial charge on any atom is 0.286 e. The Morgan fingerprint density at radius 3 is 2.59 bits per heavy atom. The molecule has 0 saturated carbocycles. The van der Waals surface area contributed by atoms with E-state index in [2.05, 4.69) is 10.6 Å². The van der Waals surface area contributed by atoms with E-state index in [1.54, 1.807) is 24.3 Å². The number of nitrogens with one attached hydrogen (secondary N) is 2. The smallest absolute Gasteiger partial charge is 0.286 e. The van der Waals surface area contributed by atoms with Crippen molar-refractivity contribution in [1.29, 1.82) is 0 Å². The Morgan fingerprint density at radius 2 is 1.93 bits per heavy atom. The van der Waals surface area contributed by atoms with Crippen LogP contribution in [0.2, 0.25) is 10.0 Å². The lowest BCUT2D eigenvalue weighted by molar-refractivity contribution is -0.133. The molecule has 2 rings (SSSR count). The summed E-state index contributed by atoms with van der Waals surface area (Å²) in [5.74, 6) is -0.666. The number of halogens is 2. The Hall–Kier alpha value is -2.51. The third kappa shape index (κ3) is 6.62. The van der Waals surface area contributed by atoms with E-state index in [1.807, 2.05) is 0 Å². The molecule has 2 N–H and O–H groups in total. The Morgan fingerprint density at radius 1 is 1.15 bits per heavy atom. The summed E-state index contributed by atoms with van der Waals surface area (Å²) in [5, 5.41) is 6.03. The first kappa shape index (κ1) is 20.8. The van der Waals surface area contributed by atoms with Gasteiger partial charge < -0.3 is 20.0 Å². The summed E-state index contributed by atoms with van der Waals surface area (Å²) < 4.78 is 4.97. The normalized spacial score (nSPS) is 10.3. The van der Waals surface area contributed by atoms with Crippen molar-refractivity contribution in [3.63, 3.8) is 0 Å². The summed E-state index contributed by atoms with van der Waals surface area (Å²) in [6.45, 7) is 0.229. The molecule has 9 heteroatoms. The molecule has 0 atom stereocenters. The van der Waals surface area contributed by atoms with Crippen LogP contribution in [-0.4, -0.2) is 42.8 Å². The molecule has 27 heavy (non-hydrogen) atoms. The first-order valence-corrected chi connectivity index (χ1v) is 8.93. The minimum absolute atomic E-state index is 0.0994. The van der Waals surface area contributed by atoms with Gasteiger partial charge in [0.2, 0.25) is 11.8 Å². The number of rotatable bonds is 8. The maximum absolute atomic E-state index is 12.1. The molecule has 0 saturated heterocycles. The Balaban J connectivity index is 1.69. The number of likely N-dealkylation sites (N-methyl/N-ethyl adjacent to an activating group) is 1. The quantitative estimate of drug-likeness (QED) is 0.652. The highest BCUT2D eigenvalue weighted by Gasteiger charge is 2.14. The van der Waals surface area contributed by atoms with Crippen LogP contribution < -0.4 is 10.6 Å². The SMILES string of the molecule is CN(CC(=O)Nc1ccc(Cl)c(Cl)c1)C(=O)CCCNC(=O)c1ccco1. The van der Waals surface area contributed by atoms with E-state index in [4.69, 9.17) is 27.6 Å². The van der Waals surface area contributed by atoms with Crippen LogP contribution in [0.3, 0.4) is 0 Å². The van der Waals surface area contributed by atoms with Crippen molar-refractivity contribution in [3.05, 3.63) is 52.4 Å². The van der Waals surface area contributed by atoms with E-state index in [0.717, 1.165) is 0 Å². The summed E-state index contributed by atoms with van der Waals surface area (Å²) in [5.41, 5.74) is 0.496. The number of carbonyl (C=O) groups is 3. The molecule has 0 aliphatic heterocycles. The fraction of sp³-hybridized carbons (Fsp3) is 0.278. The van der Waals surface area contributed by atoms with Gasteiger partial charge in [0, 0.05) is 25.7 Å². The molecule has 3 amide bonds. The molecule has 0 fully saturated rings. The molecule has 0 aliphatic carbocycles. The van der Waals surface area contributed by atoms with Crippen LogP contribution in [0.25, 0.3) is 0 Å². The summed E-state index contributed by atoms with van der Waals surface area (Å²) >= 11 is 11.7. The second kappa shape index (κ2) is 9.99. The lowest BCUT2D eigenvalue weighted by Gasteiger charge is -2.17. The minimum Gasteiger partial charge on any atom is -0.459 e. The molecular weight excluding hydrogens is 393 g/mol. The highest BCUT2D eigenvalue weighted by atomic mass is 35.5. The van der Waals surface area contributed by atoms with Crippen molar-refractivity contribution in [2.75, 3.05) is 25.5 Å². The van der Waals surface area contributed by atoms with Crippen LogP contribution in [0.15, 0.2) is 41.0 Å². The van der Waals surface area contributed by atoms with E-state index < -0.39 is 0 Å². The predicted molar refractivity (Wildman–Crippen MR) is 103 cm³/mol. The first-order valence-electron chi connectivity index (χ1n) is 8.17. The van der Waals surface area contributed by atoms with E-state index in [-0.39, 0.29) is 36.4 Å². The molecular formula is C18H19Cl2N3O4. The van der Waals surface area contributed by atoms with Crippen molar-refractivity contribution in [1.82, 2.24) is 10.2 Å². The zero-order valence-electron chi connectivity index (χ0n) is 14.6. The maximum atomic E-state index is 12.1. The van der Waals surface area contributed by atoms with Crippen molar-refractivity contribution in [3.8, 4) is 0 Å². The molecule has 1 heterocycles. The number of amides is 3. The molecule has 7 nitrogen and oxygen atoms in total. The highest BCUT2D eigenvalue weighted by Crippen LogP contribution is 2.24. The van der Waals surface area contributed by atoms with Gasteiger partial charge in [-0.15, -0.1) is 0 Å². The third-order valence-corrected chi connectivity index (χ3v) is 4.35. The lowest BCUT2D eigenvalue weighted by atomic mass is 10.2. The van der Waals surface area contributed by atoms with Crippen molar-refractivity contribution in [2.45, 2.75) is 12.8 Å². The monoisotopic (exact) mass is 411 g/mol. The fourth-order valence-electron chi connectivity index (χ4n) is 2.21. The highest BCUT2D eigenvalue weighted by molar-refractivity contribution is 6.42. The van der Waals surface area contributed by atoms with Gasteiger partial charge in [0.05, 0.1) is 22.9 Å². The average Bonchev–Trinajstić information content (AvgIpc) is 3.16. The topological polar surface area (TPSA) is 91.7 Å². The predicted octanol–water partition coefficient (Wildman–Crippen LogP) is 3.19. The van der Waals surface area contributed by atoms with Gasteiger partial charge in [0.25, 0.3) is 5.91 Å². The van der Waals surface area contributed by atoms with Gasteiger partial charge in [-0.2, -0.15) is 0 Å². The third-order valence-electron chi connectivity index (χ3n) is 3.61. The zero-order valence-corrected chi connectivity index (χ0v) is 16.1. The molecule has 0 aliphatic rings.